The fraction of sp³-hybridized carbons (Fsp3) is 0.296. The van der Waals surface area contributed by atoms with Crippen molar-refractivity contribution in [2.75, 3.05) is 13.7 Å². The minimum absolute atomic E-state index is 0.0474. The molecule has 32 heavy (non-hydrogen) atoms. The van der Waals surface area contributed by atoms with Gasteiger partial charge in [0.15, 0.2) is 11.5 Å². The molecule has 0 heterocycles. The van der Waals surface area contributed by atoms with E-state index < -0.39 is 0 Å². The van der Waals surface area contributed by atoms with Gasteiger partial charge in [-0.2, -0.15) is 0 Å². The van der Waals surface area contributed by atoms with Crippen LogP contribution in [-0.4, -0.2) is 25.7 Å². The summed E-state index contributed by atoms with van der Waals surface area (Å²) >= 11 is 0. The number of benzene rings is 3. The van der Waals surface area contributed by atoms with E-state index in [2.05, 4.69) is 5.32 Å². The first-order valence-corrected chi connectivity index (χ1v) is 10.8. The van der Waals surface area contributed by atoms with E-state index in [4.69, 9.17) is 14.2 Å². The second-order valence-electron chi connectivity index (χ2n) is 7.88. The summed E-state index contributed by atoms with van der Waals surface area (Å²) in [7, 11) is 1.61. The van der Waals surface area contributed by atoms with E-state index in [-0.39, 0.29) is 30.8 Å². The predicted molar refractivity (Wildman–Crippen MR) is 126 cm³/mol. The standard InChI is InChI=1S/C27H31NO4/c1-19(2)32-24-16-15-23(17-25(24)30-4)20(3)28-26(29)18-31-27(21-11-7-5-8-12-21)22-13-9-6-10-14-22/h5-17,19-20,27H,18H2,1-4H3,(H,28,29). The van der Waals surface area contributed by atoms with Crippen LogP contribution in [0.25, 0.3) is 0 Å². The number of nitrogens with one attached hydrogen (secondary N) is 1. The lowest BCUT2D eigenvalue weighted by atomic mass is 10.0. The van der Waals surface area contributed by atoms with Gasteiger partial charge in [-0.3, -0.25) is 4.79 Å². The van der Waals surface area contributed by atoms with Crippen LogP contribution in [0.5, 0.6) is 11.5 Å². The third-order valence-corrected chi connectivity index (χ3v) is 5.01. The van der Waals surface area contributed by atoms with Crippen molar-refractivity contribution >= 4 is 5.91 Å². The number of amides is 1. The SMILES string of the molecule is COc1cc(C(C)NC(=O)COC(c2ccccc2)c2ccccc2)ccc1OC(C)C. The summed E-state index contributed by atoms with van der Waals surface area (Å²) < 4.78 is 17.3. The number of rotatable bonds is 10. The van der Waals surface area contributed by atoms with Crippen LogP contribution in [0, 0.1) is 0 Å². The highest BCUT2D eigenvalue weighted by atomic mass is 16.5. The van der Waals surface area contributed by atoms with E-state index in [1.807, 2.05) is 99.6 Å². The van der Waals surface area contributed by atoms with Crippen LogP contribution in [0.1, 0.15) is 49.6 Å². The van der Waals surface area contributed by atoms with Crippen molar-refractivity contribution in [3.63, 3.8) is 0 Å². The Morgan fingerprint density at radius 1 is 0.812 bits per heavy atom. The molecule has 3 aromatic carbocycles. The fourth-order valence-corrected chi connectivity index (χ4v) is 3.47. The van der Waals surface area contributed by atoms with Crippen molar-refractivity contribution in [2.24, 2.45) is 0 Å². The van der Waals surface area contributed by atoms with Gasteiger partial charge in [0.25, 0.3) is 0 Å². The molecule has 0 fully saturated rings. The molecule has 0 aromatic heterocycles. The Bertz CT molecular complexity index is 950. The summed E-state index contributed by atoms with van der Waals surface area (Å²) in [5.74, 6) is 1.14. The van der Waals surface area contributed by atoms with E-state index in [0.717, 1.165) is 16.7 Å². The number of methoxy groups -OCH3 is 1. The number of carbonyl (C=O) groups is 1. The average Bonchev–Trinajstić information content (AvgIpc) is 2.80. The van der Waals surface area contributed by atoms with Crippen LogP contribution < -0.4 is 14.8 Å². The molecule has 1 amide bonds. The van der Waals surface area contributed by atoms with Gasteiger partial charge >= 0.3 is 0 Å². The molecule has 1 N–H and O–H groups in total. The maximum atomic E-state index is 12.7. The fourth-order valence-electron chi connectivity index (χ4n) is 3.47. The second-order valence-corrected chi connectivity index (χ2v) is 7.88. The summed E-state index contributed by atoms with van der Waals surface area (Å²) in [6.07, 6.45) is -0.266. The summed E-state index contributed by atoms with van der Waals surface area (Å²) in [5.41, 5.74) is 2.93. The molecule has 0 aliphatic carbocycles. The Kier molecular flexibility index (Phi) is 8.28. The summed E-state index contributed by atoms with van der Waals surface area (Å²) in [5, 5.41) is 3.01. The number of hydrogen-bond donors (Lipinski definition) is 1. The minimum atomic E-state index is -0.314. The van der Waals surface area contributed by atoms with Crippen molar-refractivity contribution in [3.8, 4) is 11.5 Å². The topological polar surface area (TPSA) is 56.8 Å². The molecular weight excluding hydrogens is 402 g/mol. The zero-order chi connectivity index (χ0) is 22.9. The molecule has 168 valence electrons. The van der Waals surface area contributed by atoms with E-state index in [9.17, 15) is 4.79 Å². The zero-order valence-corrected chi connectivity index (χ0v) is 19.1. The molecule has 0 spiro atoms. The highest BCUT2D eigenvalue weighted by Crippen LogP contribution is 2.31. The molecule has 1 unspecified atom stereocenters. The van der Waals surface area contributed by atoms with Gasteiger partial charge < -0.3 is 19.5 Å². The second kappa shape index (κ2) is 11.3. The molecule has 1 atom stereocenters. The molecule has 0 aliphatic heterocycles. The van der Waals surface area contributed by atoms with Crippen molar-refractivity contribution in [3.05, 3.63) is 95.6 Å². The molecule has 3 aromatic rings. The molecule has 5 heteroatoms. The lowest BCUT2D eigenvalue weighted by Gasteiger charge is -2.21. The smallest absolute Gasteiger partial charge is 0.246 e. The Balaban J connectivity index is 1.65. The molecule has 0 radical (unpaired) electrons. The Morgan fingerprint density at radius 2 is 1.41 bits per heavy atom. The van der Waals surface area contributed by atoms with Gasteiger partial charge in [0.1, 0.15) is 12.7 Å². The quantitative estimate of drug-likeness (QED) is 0.461. The molecular formula is C27H31NO4. The Labute approximate surface area is 190 Å². The van der Waals surface area contributed by atoms with Crippen LogP contribution in [0.3, 0.4) is 0 Å². The average molecular weight is 434 g/mol. The zero-order valence-electron chi connectivity index (χ0n) is 19.1. The maximum Gasteiger partial charge on any atom is 0.246 e. The van der Waals surface area contributed by atoms with Crippen LogP contribution >= 0.6 is 0 Å². The lowest BCUT2D eigenvalue weighted by Crippen LogP contribution is -2.31. The highest BCUT2D eigenvalue weighted by molar-refractivity contribution is 5.77. The van der Waals surface area contributed by atoms with Gasteiger partial charge in [0.2, 0.25) is 5.91 Å². The molecule has 0 saturated heterocycles. The van der Waals surface area contributed by atoms with E-state index >= 15 is 0 Å². The van der Waals surface area contributed by atoms with Crippen molar-refractivity contribution in [1.29, 1.82) is 0 Å². The molecule has 3 rings (SSSR count). The van der Waals surface area contributed by atoms with E-state index in [0.29, 0.717) is 11.5 Å². The van der Waals surface area contributed by atoms with Crippen LogP contribution in [-0.2, 0) is 9.53 Å². The Hall–Kier alpha value is -3.31. The van der Waals surface area contributed by atoms with Crippen molar-refractivity contribution < 1.29 is 19.0 Å². The molecule has 5 nitrogen and oxygen atoms in total. The van der Waals surface area contributed by atoms with Crippen molar-refractivity contribution in [2.45, 2.75) is 39.0 Å². The summed E-state index contributed by atoms with van der Waals surface area (Å²) in [6.45, 7) is 5.81. The number of hydrogen-bond acceptors (Lipinski definition) is 4. The lowest BCUT2D eigenvalue weighted by molar-refractivity contribution is -0.127. The van der Waals surface area contributed by atoms with E-state index in [1.165, 1.54) is 0 Å². The van der Waals surface area contributed by atoms with Crippen molar-refractivity contribution in [1.82, 2.24) is 5.32 Å². The van der Waals surface area contributed by atoms with Crippen LogP contribution in [0.15, 0.2) is 78.9 Å². The van der Waals surface area contributed by atoms with Gasteiger partial charge in [-0.05, 0) is 49.6 Å². The molecule has 0 saturated carbocycles. The van der Waals surface area contributed by atoms with Gasteiger partial charge in [-0.15, -0.1) is 0 Å². The first-order valence-electron chi connectivity index (χ1n) is 10.8. The van der Waals surface area contributed by atoms with Gasteiger partial charge in [-0.25, -0.2) is 0 Å². The summed E-state index contributed by atoms with van der Waals surface area (Å²) in [6, 6.07) is 25.3. The first kappa shape index (κ1) is 23.4. The third-order valence-electron chi connectivity index (χ3n) is 5.01. The van der Waals surface area contributed by atoms with Crippen LogP contribution in [0.4, 0.5) is 0 Å². The van der Waals surface area contributed by atoms with Gasteiger partial charge in [-0.1, -0.05) is 66.7 Å². The maximum absolute atomic E-state index is 12.7. The van der Waals surface area contributed by atoms with Gasteiger partial charge in [0, 0.05) is 0 Å². The predicted octanol–water partition coefficient (Wildman–Crippen LogP) is 5.47. The third kappa shape index (κ3) is 6.34. The normalized spacial score (nSPS) is 11.9. The molecule has 0 bridgehead atoms. The van der Waals surface area contributed by atoms with E-state index in [1.54, 1.807) is 7.11 Å². The van der Waals surface area contributed by atoms with Crippen LogP contribution in [0.2, 0.25) is 0 Å². The minimum Gasteiger partial charge on any atom is -0.493 e. The molecule has 0 aliphatic rings. The monoisotopic (exact) mass is 433 g/mol. The Morgan fingerprint density at radius 3 is 1.94 bits per heavy atom. The number of carbonyl (C=O) groups excluding carboxylic acids is 1. The first-order chi connectivity index (χ1) is 15.5. The number of ether oxygens (including phenoxy) is 3. The van der Waals surface area contributed by atoms with Gasteiger partial charge in [0.05, 0.1) is 19.3 Å². The summed E-state index contributed by atoms with van der Waals surface area (Å²) in [4.78, 5) is 12.7. The largest absolute Gasteiger partial charge is 0.493 e. The highest BCUT2D eigenvalue weighted by Gasteiger charge is 2.18.